The fourth-order valence-corrected chi connectivity index (χ4v) is 1.49. The Labute approximate surface area is 92.9 Å². The molecule has 4 heteroatoms. The molecule has 0 unspecified atom stereocenters. The van der Waals surface area contributed by atoms with Crippen LogP contribution in [0.3, 0.4) is 0 Å². The summed E-state index contributed by atoms with van der Waals surface area (Å²) in [6.07, 6.45) is 3.89. The molecule has 1 saturated heterocycles. The van der Waals surface area contributed by atoms with E-state index in [0.29, 0.717) is 0 Å². The monoisotopic (exact) mass is 212 g/mol. The lowest BCUT2D eigenvalue weighted by atomic mass is 9.80. The Hall–Kier alpha value is -0.315. The van der Waals surface area contributed by atoms with Crippen molar-refractivity contribution in [3.63, 3.8) is 0 Å². The molecule has 1 rings (SSSR count). The van der Waals surface area contributed by atoms with E-state index in [1.54, 1.807) is 7.11 Å². The molecule has 3 nitrogen and oxygen atoms in total. The Morgan fingerprint density at radius 1 is 1.13 bits per heavy atom. The predicted molar refractivity (Wildman–Crippen MR) is 61.7 cm³/mol. The van der Waals surface area contributed by atoms with Gasteiger partial charge in [0.05, 0.1) is 11.2 Å². The van der Waals surface area contributed by atoms with Gasteiger partial charge in [0, 0.05) is 7.11 Å². The molecule has 0 amide bonds. The Balaban J connectivity index is 2.77. The van der Waals surface area contributed by atoms with E-state index in [9.17, 15) is 0 Å². The third-order valence-electron chi connectivity index (χ3n) is 3.19. The fraction of sp³-hybridized carbons (Fsp3) is 0.818. The van der Waals surface area contributed by atoms with E-state index in [1.165, 1.54) is 0 Å². The van der Waals surface area contributed by atoms with Crippen molar-refractivity contribution in [1.82, 2.24) is 0 Å². The van der Waals surface area contributed by atoms with E-state index >= 15 is 0 Å². The summed E-state index contributed by atoms with van der Waals surface area (Å²) < 4.78 is 17.1. The second kappa shape index (κ2) is 4.28. The van der Waals surface area contributed by atoms with E-state index in [1.807, 2.05) is 46.8 Å². The molecule has 0 aromatic rings. The topological polar surface area (TPSA) is 27.7 Å². The number of hydrogen-bond donors (Lipinski definition) is 0. The normalized spacial score (nSPS) is 26.1. The fourth-order valence-electron chi connectivity index (χ4n) is 1.49. The lowest BCUT2D eigenvalue weighted by Crippen LogP contribution is -2.41. The van der Waals surface area contributed by atoms with Crippen molar-refractivity contribution in [3.8, 4) is 0 Å². The standard InChI is InChI=1S/C11H21BO3/c1-7-8-9(13-6)12-14-10(2,3)11(4,5)15-12/h7-9H,1-6H3/b8-7+/t9-/m1/s1. The first-order valence-electron chi connectivity index (χ1n) is 5.35. The first kappa shape index (κ1) is 12.8. The summed E-state index contributed by atoms with van der Waals surface area (Å²) in [4.78, 5) is 0. The van der Waals surface area contributed by atoms with Gasteiger partial charge in [-0.1, -0.05) is 12.2 Å². The molecule has 0 saturated carbocycles. The van der Waals surface area contributed by atoms with Crippen LogP contribution in [0.4, 0.5) is 0 Å². The minimum absolute atomic E-state index is 0.143. The van der Waals surface area contributed by atoms with Crippen LogP contribution in [0.2, 0.25) is 0 Å². The predicted octanol–water partition coefficient (Wildman–Crippen LogP) is 2.21. The van der Waals surface area contributed by atoms with Gasteiger partial charge in [0.2, 0.25) is 0 Å². The van der Waals surface area contributed by atoms with E-state index in [2.05, 4.69) is 0 Å². The highest BCUT2D eigenvalue weighted by molar-refractivity contribution is 6.47. The van der Waals surface area contributed by atoms with Crippen molar-refractivity contribution in [1.29, 1.82) is 0 Å². The van der Waals surface area contributed by atoms with Crippen LogP contribution in [0.25, 0.3) is 0 Å². The highest BCUT2D eigenvalue weighted by Crippen LogP contribution is 2.37. The third kappa shape index (κ3) is 2.44. The molecule has 0 N–H and O–H groups in total. The molecule has 1 fully saturated rings. The van der Waals surface area contributed by atoms with Gasteiger partial charge in [-0.15, -0.1) is 0 Å². The Morgan fingerprint density at radius 2 is 1.60 bits per heavy atom. The van der Waals surface area contributed by atoms with Gasteiger partial charge in [-0.2, -0.15) is 0 Å². The van der Waals surface area contributed by atoms with Crippen LogP contribution in [0.15, 0.2) is 12.2 Å². The summed E-state index contributed by atoms with van der Waals surface area (Å²) >= 11 is 0. The Kier molecular flexibility index (Phi) is 3.64. The zero-order chi connectivity index (χ0) is 11.7. The second-order valence-electron chi connectivity index (χ2n) is 4.85. The van der Waals surface area contributed by atoms with Gasteiger partial charge in [0.15, 0.2) is 0 Å². The molecule has 0 bridgehead atoms. The summed E-state index contributed by atoms with van der Waals surface area (Å²) in [5.41, 5.74) is -0.591. The minimum Gasteiger partial charge on any atom is -0.401 e. The van der Waals surface area contributed by atoms with Gasteiger partial charge < -0.3 is 14.0 Å². The summed E-state index contributed by atoms with van der Waals surface area (Å²) in [6.45, 7) is 10.1. The van der Waals surface area contributed by atoms with Gasteiger partial charge in [-0.05, 0) is 34.6 Å². The van der Waals surface area contributed by atoms with Crippen molar-refractivity contribution >= 4 is 7.12 Å². The minimum atomic E-state index is -0.323. The summed E-state index contributed by atoms with van der Waals surface area (Å²) in [5, 5.41) is 0. The molecular weight excluding hydrogens is 191 g/mol. The van der Waals surface area contributed by atoms with Crippen LogP contribution in [-0.4, -0.2) is 31.4 Å². The van der Waals surface area contributed by atoms with E-state index in [4.69, 9.17) is 14.0 Å². The zero-order valence-electron chi connectivity index (χ0n) is 10.5. The molecule has 1 aliphatic heterocycles. The van der Waals surface area contributed by atoms with Crippen molar-refractivity contribution in [2.24, 2.45) is 0 Å². The number of rotatable bonds is 3. The van der Waals surface area contributed by atoms with Gasteiger partial charge in [0.25, 0.3) is 0 Å². The van der Waals surface area contributed by atoms with Crippen LogP contribution < -0.4 is 0 Å². The number of allylic oxidation sites excluding steroid dienone is 1. The van der Waals surface area contributed by atoms with Gasteiger partial charge >= 0.3 is 7.12 Å². The number of methoxy groups -OCH3 is 1. The van der Waals surface area contributed by atoms with Crippen molar-refractivity contribution in [3.05, 3.63) is 12.2 Å². The lowest BCUT2D eigenvalue weighted by molar-refractivity contribution is 0.00578. The molecule has 0 aromatic carbocycles. The van der Waals surface area contributed by atoms with Gasteiger partial charge in [-0.25, -0.2) is 0 Å². The lowest BCUT2D eigenvalue weighted by Gasteiger charge is -2.32. The van der Waals surface area contributed by atoms with Crippen LogP contribution >= 0.6 is 0 Å². The van der Waals surface area contributed by atoms with Gasteiger partial charge in [0.1, 0.15) is 6.00 Å². The largest absolute Gasteiger partial charge is 0.493 e. The molecule has 1 aliphatic rings. The van der Waals surface area contributed by atoms with Crippen molar-refractivity contribution in [2.75, 3.05) is 7.11 Å². The van der Waals surface area contributed by atoms with E-state index in [0.717, 1.165) is 0 Å². The average Bonchev–Trinajstić information content (AvgIpc) is 2.32. The van der Waals surface area contributed by atoms with Crippen LogP contribution in [0, 0.1) is 0 Å². The maximum atomic E-state index is 5.87. The quantitative estimate of drug-likeness (QED) is 0.530. The number of ether oxygens (including phenoxy) is 1. The third-order valence-corrected chi connectivity index (χ3v) is 3.19. The SMILES string of the molecule is C/C=C/[C@@H](OC)B1OC(C)(C)C(C)(C)O1. The molecule has 0 spiro atoms. The molecule has 0 aromatic heterocycles. The number of hydrogen-bond acceptors (Lipinski definition) is 3. The Morgan fingerprint density at radius 3 is 1.93 bits per heavy atom. The van der Waals surface area contributed by atoms with Crippen molar-refractivity contribution < 1.29 is 14.0 Å². The zero-order valence-corrected chi connectivity index (χ0v) is 10.5. The van der Waals surface area contributed by atoms with Crippen molar-refractivity contribution in [2.45, 2.75) is 51.8 Å². The maximum Gasteiger partial charge on any atom is 0.493 e. The molecule has 15 heavy (non-hydrogen) atoms. The molecule has 86 valence electrons. The van der Waals surface area contributed by atoms with Crippen LogP contribution in [-0.2, 0) is 14.0 Å². The molecule has 0 aliphatic carbocycles. The molecule has 1 atom stereocenters. The first-order valence-corrected chi connectivity index (χ1v) is 5.35. The summed E-state index contributed by atoms with van der Waals surface area (Å²) in [7, 11) is 1.34. The van der Waals surface area contributed by atoms with Gasteiger partial charge in [-0.3, -0.25) is 0 Å². The summed E-state index contributed by atoms with van der Waals surface area (Å²) in [6, 6.07) is -0.143. The average molecular weight is 212 g/mol. The van der Waals surface area contributed by atoms with E-state index in [-0.39, 0.29) is 24.3 Å². The summed E-state index contributed by atoms with van der Waals surface area (Å²) in [5.74, 6) is 0. The highest BCUT2D eigenvalue weighted by Gasteiger charge is 2.53. The van der Waals surface area contributed by atoms with Crippen LogP contribution in [0.1, 0.15) is 34.6 Å². The first-order chi connectivity index (χ1) is 6.84. The molecule has 0 radical (unpaired) electrons. The molecular formula is C11H21BO3. The maximum absolute atomic E-state index is 5.87. The second-order valence-corrected chi connectivity index (χ2v) is 4.85. The van der Waals surface area contributed by atoms with Crippen LogP contribution in [0.5, 0.6) is 0 Å². The highest BCUT2D eigenvalue weighted by atomic mass is 16.7. The smallest absolute Gasteiger partial charge is 0.401 e. The Bertz CT molecular complexity index is 232. The van der Waals surface area contributed by atoms with E-state index < -0.39 is 0 Å². The molecule has 1 heterocycles.